The Balaban J connectivity index is 2.02. The van der Waals surface area contributed by atoms with Crippen molar-refractivity contribution in [1.29, 1.82) is 0 Å². The Morgan fingerprint density at radius 3 is 2.50 bits per heavy atom. The Kier molecular flexibility index (Phi) is 4.89. The van der Waals surface area contributed by atoms with Crippen molar-refractivity contribution < 1.29 is 5.11 Å². The van der Waals surface area contributed by atoms with E-state index in [-0.39, 0.29) is 6.61 Å². The van der Waals surface area contributed by atoms with E-state index in [2.05, 4.69) is 4.98 Å². The normalized spacial score (nSPS) is 10.6. The summed E-state index contributed by atoms with van der Waals surface area (Å²) in [5.41, 5.74) is 1.86. The lowest BCUT2D eigenvalue weighted by Gasteiger charge is -2.05. The van der Waals surface area contributed by atoms with E-state index in [1.807, 2.05) is 24.3 Å². The number of nitrogens with zero attached hydrogens (tertiary/aromatic N) is 1. The Bertz CT molecular complexity index is 531. The van der Waals surface area contributed by atoms with E-state index in [1.165, 1.54) is 0 Å². The van der Waals surface area contributed by atoms with Crippen LogP contribution in [0.25, 0.3) is 0 Å². The first kappa shape index (κ1) is 13.7. The number of thioether (sulfide) groups is 1. The number of aromatic nitrogens is 1. The maximum absolute atomic E-state index is 8.95. The predicted molar refractivity (Wildman–Crippen MR) is 76.2 cm³/mol. The van der Waals surface area contributed by atoms with Crippen molar-refractivity contribution >= 4 is 35.0 Å². The minimum atomic E-state index is 0.0673. The molecule has 0 fully saturated rings. The quantitative estimate of drug-likeness (QED) is 0.679. The first-order valence-electron chi connectivity index (χ1n) is 5.31. The largest absolute Gasteiger partial charge is 0.392 e. The van der Waals surface area contributed by atoms with E-state index in [1.54, 1.807) is 24.0 Å². The standard InChI is InChI=1S/C13H11Cl2NOS/c14-12-5-13(15)16-6-10(12)8-18-11-3-1-9(7-17)2-4-11/h1-6,17H,7-8H2. The fourth-order valence-corrected chi connectivity index (χ4v) is 2.79. The van der Waals surface area contributed by atoms with E-state index in [0.29, 0.717) is 10.2 Å². The number of hydrogen-bond acceptors (Lipinski definition) is 3. The van der Waals surface area contributed by atoms with Gasteiger partial charge in [0, 0.05) is 21.9 Å². The zero-order valence-electron chi connectivity index (χ0n) is 9.44. The molecular formula is C13H11Cl2NOS. The van der Waals surface area contributed by atoms with E-state index < -0.39 is 0 Å². The molecule has 2 rings (SSSR count). The number of aliphatic hydroxyl groups excluding tert-OH is 1. The molecule has 0 atom stereocenters. The second-order valence-electron chi connectivity index (χ2n) is 3.69. The molecule has 0 bridgehead atoms. The monoisotopic (exact) mass is 299 g/mol. The molecule has 0 radical (unpaired) electrons. The van der Waals surface area contributed by atoms with Gasteiger partial charge in [-0.15, -0.1) is 11.8 Å². The first-order valence-corrected chi connectivity index (χ1v) is 7.05. The third-order valence-corrected chi connectivity index (χ3v) is 4.02. The maximum atomic E-state index is 8.95. The van der Waals surface area contributed by atoms with Gasteiger partial charge >= 0.3 is 0 Å². The number of hydrogen-bond donors (Lipinski definition) is 1. The van der Waals surface area contributed by atoms with Crippen LogP contribution in [0.5, 0.6) is 0 Å². The molecule has 2 nitrogen and oxygen atoms in total. The zero-order chi connectivity index (χ0) is 13.0. The van der Waals surface area contributed by atoms with E-state index in [0.717, 1.165) is 21.8 Å². The number of benzene rings is 1. The minimum Gasteiger partial charge on any atom is -0.392 e. The Morgan fingerprint density at radius 1 is 1.17 bits per heavy atom. The summed E-state index contributed by atoms with van der Waals surface area (Å²) in [5.74, 6) is 0.738. The molecule has 0 saturated heterocycles. The average molecular weight is 300 g/mol. The fraction of sp³-hybridized carbons (Fsp3) is 0.154. The van der Waals surface area contributed by atoms with Crippen LogP contribution in [0.15, 0.2) is 41.4 Å². The third-order valence-electron chi connectivity index (χ3n) is 2.40. The number of halogens is 2. The molecule has 0 aliphatic rings. The van der Waals surface area contributed by atoms with Crippen LogP contribution in [0, 0.1) is 0 Å². The maximum Gasteiger partial charge on any atom is 0.130 e. The summed E-state index contributed by atoms with van der Waals surface area (Å²) in [7, 11) is 0. The summed E-state index contributed by atoms with van der Waals surface area (Å²) in [6, 6.07) is 9.42. The van der Waals surface area contributed by atoms with Gasteiger partial charge in [0.1, 0.15) is 5.15 Å². The van der Waals surface area contributed by atoms with Crippen LogP contribution < -0.4 is 0 Å². The van der Waals surface area contributed by atoms with Crippen LogP contribution in [0.3, 0.4) is 0 Å². The van der Waals surface area contributed by atoms with Crippen molar-refractivity contribution in [2.24, 2.45) is 0 Å². The molecule has 2 aromatic rings. The molecule has 94 valence electrons. The topological polar surface area (TPSA) is 33.1 Å². The van der Waals surface area contributed by atoms with Crippen LogP contribution >= 0.6 is 35.0 Å². The van der Waals surface area contributed by atoms with Crippen molar-refractivity contribution in [3.8, 4) is 0 Å². The van der Waals surface area contributed by atoms with Crippen LogP contribution in [0.1, 0.15) is 11.1 Å². The van der Waals surface area contributed by atoms with Gasteiger partial charge in [0.25, 0.3) is 0 Å². The lowest BCUT2D eigenvalue weighted by atomic mass is 10.2. The molecule has 0 unspecified atom stereocenters. The molecule has 1 aromatic carbocycles. The van der Waals surface area contributed by atoms with Gasteiger partial charge in [0.2, 0.25) is 0 Å². The number of pyridine rings is 1. The molecule has 1 aromatic heterocycles. The highest BCUT2D eigenvalue weighted by atomic mass is 35.5. The summed E-state index contributed by atoms with van der Waals surface area (Å²) in [6.45, 7) is 0.0673. The van der Waals surface area contributed by atoms with Gasteiger partial charge in [-0.2, -0.15) is 0 Å². The smallest absolute Gasteiger partial charge is 0.130 e. The average Bonchev–Trinajstić information content (AvgIpc) is 2.38. The Morgan fingerprint density at radius 2 is 1.89 bits per heavy atom. The summed E-state index contributed by atoms with van der Waals surface area (Å²) in [6.07, 6.45) is 1.69. The Labute approximate surface area is 120 Å². The molecule has 0 spiro atoms. The highest BCUT2D eigenvalue weighted by molar-refractivity contribution is 7.98. The second kappa shape index (κ2) is 6.43. The van der Waals surface area contributed by atoms with Crippen molar-refractivity contribution in [2.75, 3.05) is 0 Å². The Hall–Kier alpha value is -0.740. The number of rotatable bonds is 4. The lowest BCUT2D eigenvalue weighted by Crippen LogP contribution is -1.86. The molecule has 1 N–H and O–H groups in total. The first-order chi connectivity index (χ1) is 8.69. The fourth-order valence-electron chi connectivity index (χ4n) is 1.39. The number of aliphatic hydroxyl groups is 1. The molecule has 0 saturated carbocycles. The highest BCUT2D eigenvalue weighted by Gasteiger charge is 2.03. The second-order valence-corrected chi connectivity index (χ2v) is 5.53. The van der Waals surface area contributed by atoms with Gasteiger partial charge in [-0.1, -0.05) is 35.3 Å². The third kappa shape index (κ3) is 3.62. The lowest BCUT2D eigenvalue weighted by molar-refractivity contribution is 0.282. The predicted octanol–water partition coefficient (Wildman–Crippen LogP) is 4.17. The molecule has 18 heavy (non-hydrogen) atoms. The molecule has 0 aliphatic heterocycles. The van der Waals surface area contributed by atoms with Crippen molar-refractivity contribution in [3.05, 3.63) is 57.8 Å². The minimum absolute atomic E-state index is 0.0673. The molecule has 0 amide bonds. The van der Waals surface area contributed by atoms with Crippen LogP contribution in [-0.4, -0.2) is 10.1 Å². The molecule has 5 heteroatoms. The van der Waals surface area contributed by atoms with Crippen LogP contribution in [-0.2, 0) is 12.4 Å². The SMILES string of the molecule is OCc1ccc(SCc2cnc(Cl)cc2Cl)cc1. The van der Waals surface area contributed by atoms with E-state index in [4.69, 9.17) is 28.3 Å². The van der Waals surface area contributed by atoms with Crippen LogP contribution in [0.4, 0.5) is 0 Å². The van der Waals surface area contributed by atoms with E-state index >= 15 is 0 Å². The summed E-state index contributed by atoms with van der Waals surface area (Å²) >= 11 is 13.5. The zero-order valence-corrected chi connectivity index (χ0v) is 11.8. The van der Waals surface area contributed by atoms with Gasteiger partial charge in [0.05, 0.1) is 6.61 Å². The van der Waals surface area contributed by atoms with Gasteiger partial charge in [-0.3, -0.25) is 0 Å². The van der Waals surface area contributed by atoms with Gasteiger partial charge < -0.3 is 5.11 Å². The van der Waals surface area contributed by atoms with Crippen molar-refractivity contribution in [3.63, 3.8) is 0 Å². The van der Waals surface area contributed by atoms with Crippen molar-refractivity contribution in [2.45, 2.75) is 17.3 Å². The molecular weight excluding hydrogens is 289 g/mol. The summed E-state index contributed by atoms with van der Waals surface area (Å²) in [5, 5.41) is 9.99. The van der Waals surface area contributed by atoms with Crippen LogP contribution in [0.2, 0.25) is 10.2 Å². The van der Waals surface area contributed by atoms with Gasteiger partial charge in [-0.05, 0) is 29.3 Å². The molecule has 0 aliphatic carbocycles. The summed E-state index contributed by atoms with van der Waals surface area (Å²) in [4.78, 5) is 5.14. The van der Waals surface area contributed by atoms with Gasteiger partial charge in [0.15, 0.2) is 0 Å². The van der Waals surface area contributed by atoms with Crippen molar-refractivity contribution in [1.82, 2.24) is 4.98 Å². The highest BCUT2D eigenvalue weighted by Crippen LogP contribution is 2.27. The van der Waals surface area contributed by atoms with E-state index in [9.17, 15) is 0 Å². The summed E-state index contributed by atoms with van der Waals surface area (Å²) < 4.78 is 0. The molecule has 1 heterocycles. The van der Waals surface area contributed by atoms with Gasteiger partial charge in [-0.25, -0.2) is 4.98 Å².